The Hall–Kier alpha value is -0.630. The monoisotopic (exact) mass is 210 g/mol. The fraction of sp³-hybridized carbons (Fsp3) is 0.500. The van der Waals surface area contributed by atoms with Gasteiger partial charge < -0.3 is 4.74 Å². The first kappa shape index (κ1) is 11.4. The summed E-state index contributed by atoms with van der Waals surface area (Å²) in [7, 11) is 0. The summed E-state index contributed by atoms with van der Waals surface area (Å²) in [5.74, 6) is 2.42. The maximum Gasteiger partial charge on any atom is 0.119 e. The van der Waals surface area contributed by atoms with E-state index >= 15 is 0 Å². The molecule has 0 fully saturated rings. The van der Waals surface area contributed by atoms with Crippen LogP contribution in [0.25, 0.3) is 0 Å². The summed E-state index contributed by atoms with van der Waals surface area (Å²) in [5, 5.41) is 0. The van der Waals surface area contributed by atoms with Crippen LogP contribution in [-0.2, 0) is 0 Å². The van der Waals surface area contributed by atoms with E-state index in [9.17, 15) is 0 Å². The molecule has 0 aliphatic carbocycles. The summed E-state index contributed by atoms with van der Waals surface area (Å²) < 4.78 is 5.53. The van der Waals surface area contributed by atoms with Gasteiger partial charge in [-0.25, -0.2) is 0 Å². The molecule has 0 atom stereocenters. The van der Waals surface area contributed by atoms with E-state index in [1.807, 2.05) is 12.1 Å². The predicted octanol–water partition coefficient (Wildman–Crippen LogP) is 3.51. The van der Waals surface area contributed by atoms with Crippen LogP contribution in [-0.4, -0.2) is 12.4 Å². The highest BCUT2D eigenvalue weighted by atomic mass is 32.1. The zero-order valence-corrected chi connectivity index (χ0v) is 9.76. The Balaban J connectivity index is 2.47. The average molecular weight is 210 g/mol. The van der Waals surface area contributed by atoms with Crippen molar-refractivity contribution in [3.63, 3.8) is 0 Å². The molecule has 0 saturated carbocycles. The molecule has 1 aromatic rings. The highest BCUT2D eigenvalue weighted by Crippen LogP contribution is 2.18. The molecule has 2 heteroatoms. The zero-order valence-electron chi connectivity index (χ0n) is 8.86. The molecule has 0 bridgehead atoms. The highest BCUT2D eigenvalue weighted by molar-refractivity contribution is 7.80. The molecule has 14 heavy (non-hydrogen) atoms. The highest BCUT2D eigenvalue weighted by Gasteiger charge is 1.98. The molecule has 1 nitrogen and oxygen atoms in total. The van der Waals surface area contributed by atoms with Crippen LogP contribution < -0.4 is 4.74 Å². The molecule has 0 heterocycles. The summed E-state index contributed by atoms with van der Waals surface area (Å²) in [6, 6.07) is 8.32. The quantitative estimate of drug-likeness (QED) is 0.578. The Bertz CT molecular complexity index is 254. The normalized spacial score (nSPS) is 10.6. The van der Waals surface area contributed by atoms with E-state index in [0.717, 1.165) is 24.5 Å². The van der Waals surface area contributed by atoms with Gasteiger partial charge >= 0.3 is 0 Å². The van der Waals surface area contributed by atoms with Crippen LogP contribution in [0.2, 0.25) is 0 Å². The van der Waals surface area contributed by atoms with Crippen molar-refractivity contribution in [3.05, 3.63) is 29.8 Å². The van der Waals surface area contributed by atoms with Gasteiger partial charge in [-0.05, 0) is 35.8 Å². The van der Waals surface area contributed by atoms with Gasteiger partial charge in [0.05, 0.1) is 6.61 Å². The number of ether oxygens (including phenoxy) is 1. The predicted molar refractivity (Wildman–Crippen MR) is 64.5 cm³/mol. The lowest BCUT2D eigenvalue weighted by atomic mass is 10.0. The van der Waals surface area contributed by atoms with Crippen LogP contribution in [0.5, 0.6) is 5.75 Å². The van der Waals surface area contributed by atoms with Crippen molar-refractivity contribution >= 4 is 12.6 Å². The van der Waals surface area contributed by atoms with E-state index in [4.69, 9.17) is 4.74 Å². The van der Waals surface area contributed by atoms with E-state index < -0.39 is 0 Å². The standard InChI is InChI=1S/C12H18OS/c1-10(2)11-4-6-12(7-5-11)13-8-3-9-14/h4-7,10,14H,3,8-9H2,1-2H3. The number of rotatable bonds is 5. The van der Waals surface area contributed by atoms with Crippen molar-refractivity contribution in [2.75, 3.05) is 12.4 Å². The molecule has 0 radical (unpaired) electrons. The second-order valence-corrected chi connectivity index (χ2v) is 4.10. The Kier molecular flexibility index (Phi) is 4.88. The van der Waals surface area contributed by atoms with Crippen molar-refractivity contribution < 1.29 is 4.74 Å². The van der Waals surface area contributed by atoms with Gasteiger partial charge in [0.2, 0.25) is 0 Å². The average Bonchev–Trinajstić information content (AvgIpc) is 2.19. The lowest BCUT2D eigenvalue weighted by Crippen LogP contribution is -1.97. The lowest BCUT2D eigenvalue weighted by Gasteiger charge is -2.08. The molecule has 0 unspecified atom stereocenters. The number of thiol groups is 1. The van der Waals surface area contributed by atoms with E-state index in [1.54, 1.807) is 0 Å². The Morgan fingerprint density at radius 3 is 2.36 bits per heavy atom. The SMILES string of the molecule is CC(C)c1ccc(OCCCS)cc1. The number of benzene rings is 1. The van der Waals surface area contributed by atoms with Crippen molar-refractivity contribution in [3.8, 4) is 5.75 Å². The maximum atomic E-state index is 5.53. The molecule has 0 spiro atoms. The van der Waals surface area contributed by atoms with Crippen molar-refractivity contribution in [2.45, 2.75) is 26.2 Å². The minimum atomic E-state index is 0.585. The van der Waals surface area contributed by atoms with Crippen LogP contribution in [0.4, 0.5) is 0 Å². The molecule has 0 N–H and O–H groups in total. The van der Waals surface area contributed by atoms with E-state index in [2.05, 4.69) is 38.6 Å². The molecule has 0 aliphatic heterocycles. The first-order valence-electron chi connectivity index (χ1n) is 5.07. The molecule has 1 rings (SSSR count). The van der Waals surface area contributed by atoms with Gasteiger partial charge in [-0.15, -0.1) is 0 Å². The van der Waals surface area contributed by atoms with Crippen LogP contribution >= 0.6 is 12.6 Å². The van der Waals surface area contributed by atoms with Gasteiger partial charge in [-0.2, -0.15) is 12.6 Å². The summed E-state index contributed by atoms with van der Waals surface area (Å²) in [6.45, 7) is 5.14. The molecule has 0 aliphatic rings. The van der Waals surface area contributed by atoms with Gasteiger partial charge in [0.1, 0.15) is 5.75 Å². The fourth-order valence-corrected chi connectivity index (χ4v) is 1.33. The smallest absolute Gasteiger partial charge is 0.119 e. The Morgan fingerprint density at radius 2 is 1.86 bits per heavy atom. The van der Waals surface area contributed by atoms with Gasteiger partial charge in [0.15, 0.2) is 0 Å². The van der Waals surface area contributed by atoms with Crippen molar-refractivity contribution in [2.24, 2.45) is 0 Å². The first-order chi connectivity index (χ1) is 6.74. The fourth-order valence-electron chi connectivity index (χ4n) is 1.20. The molecule has 0 saturated heterocycles. The van der Waals surface area contributed by atoms with Gasteiger partial charge in [0, 0.05) is 0 Å². The van der Waals surface area contributed by atoms with Crippen molar-refractivity contribution in [1.29, 1.82) is 0 Å². The zero-order chi connectivity index (χ0) is 10.4. The van der Waals surface area contributed by atoms with Gasteiger partial charge in [0.25, 0.3) is 0 Å². The summed E-state index contributed by atoms with van der Waals surface area (Å²) in [6.07, 6.45) is 0.995. The maximum absolute atomic E-state index is 5.53. The second-order valence-electron chi connectivity index (χ2n) is 3.65. The third-order valence-corrected chi connectivity index (χ3v) is 2.43. The van der Waals surface area contributed by atoms with E-state index in [1.165, 1.54) is 5.56 Å². The summed E-state index contributed by atoms with van der Waals surface area (Å²) in [4.78, 5) is 0. The lowest BCUT2D eigenvalue weighted by molar-refractivity contribution is 0.319. The molecule has 78 valence electrons. The van der Waals surface area contributed by atoms with Gasteiger partial charge in [-0.1, -0.05) is 26.0 Å². The number of hydrogen-bond donors (Lipinski definition) is 1. The summed E-state index contributed by atoms with van der Waals surface area (Å²) in [5.41, 5.74) is 1.35. The molecule has 0 aromatic heterocycles. The summed E-state index contributed by atoms with van der Waals surface area (Å²) >= 11 is 4.13. The second kappa shape index (κ2) is 5.97. The third-order valence-electron chi connectivity index (χ3n) is 2.12. The topological polar surface area (TPSA) is 9.23 Å². The molecular formula is C12H18OS. The first-order valence-corrected chi connectivity index (χ1v) is 5.71. The molecular weight excluding hydrogens is 192 g/mol. The van der Waals surface area contributed by atoms with Crippen molar-refractivity contribution in [1.82, 2.24) is 0 Å². The Labute approximate surface area is 91.9 Å². The molecule has 1 aromatic carbocycles. The van der Waals surface area contributed by atoms with Crippen LogP contribution in [0.1, 0.15) is 31.7 Å². The van der Waals surface area contributed by atoms with Crippen LogP contribution in [0.15, 0.2) is 24.3 Å². The van der Waals surface area contributed by atoms with Crippen LogP contribution in [0, 0.1) is 0 Å². The minimum absolute atomic E-state index is 0.585. The van der Waals surface area contributed by atoms with Crippen LogP contribution in [0.3, 0.4) is 0 Å². The largest absolute Gasteiger partial charge is 0.494 e. The third kappa shape index (κ3) is 3.62. The van der Waals surface area contributed by atoms with E-state index in [0.29, 0.717) is 5.92 Å². The van der Waals surface area contributed by atoms with Gasteiger partial charge in [-0.3, -0.25) is 0 Å². The number of hydrogen-bond acceptors (Lipinski definition) is 2. The Morgan fingerprint density at radius 1 is 1.21 bits per heavy atom. The molecule has 0 amide bonds. The van der Waals surface area contributed by atoms with E-state index in [-0.39, 0.29) is 0 Å². The minimum Gasteiger partial charge on any atom is -0.494 e.